The summed E-state index contributed by atoms with van der Waals surface area (Å²) < 4.78 is 28.1. The molecule has 0 aromatic heterocycles. The molecule has 0 heterocycles. The normalized spacial score (nSPS) is 13.0. The van der Waals surface area contributed by atoms with Crippen LogP contribution in [0.25, 0.3) is 0 Å². The Kier molecular flexibility index (Phi) is 6.48. The second-order valence-electron chi connectivity index (χ2n) is 6.58. The van der Waals surface area contributed by atoms with Crippen molar-refractivity contribution in [1.82, 2.24) is 0 Å². The predicted octanol–water partition coefficient (Wildman–Crippen LogP) is 4.56. The summed E-state index contributed by atoms with van der Waals surface area (Å²) in [6, 6.07) is 2.16. The third-order valence-electron chi connectivity index (χ3n) is 3.45. The molecular weight excluding hydrogens is 288 g/mol. The lowest BCUT2D eigenvalue weighted by Crippen LogP contribution is -2.28. The molecule has 1 aromatic carbocycles. The molecule has 1 unspecified atom stereocenters. The summed E-state index contributed by atoms with van der Waals surface area (Å²) in [5.41, 5.74) is -1.03. The Morgan fingerprint density at radius 1 is 1.23 bits per heavy atom. The number of hydrogen-bond donors (Lipinski definition) is 2. The molecule has 0 radical (unpaired) electrons. The zero-order valence-corrected chi connectivity index (χ0v) is 13.7. The van der Waals surface area contributed by atoms with Gasteiger partial charge in [-0.1, -0.05) is 47.0 Å². The first-order valence-corrected chi connectivity index (χ1v) is 7.65. The van der Waals surface area contributed by atoms with Crippen molar-refractivity contribution in [3.63, 3.8) is 0 Å². The molecule has 0 saturated heterocycles. The van der Waals surface area contributed by atoms with E-state index in [2.05, 4.69) is 5.32 Å². The predicted molar refractivity (Wildman–Crippen MR) is 83.5 cm³/mol. The van der Waals surface area contributed by atoms with Crippen LogP contribution in [-0.2, 0) is 4.79 Å². The van der Waals surface area contributed by atoms with Crippen LogP contribution < -0.4 is 5.32 Å². The van der Waals surface area contributed by atoms with Crippen LogP contribution in [0.1, 0.15) is 65.0 Å². The van der Waals surface area contributed by atoms with Crippen molar-refractivity contribution in [2.75, 3.05) is 5.32 Å². The molecule has 0 aliphatic carbocycles. The second kappa shape index (κ2) is 7.68. The van der Waals surface area contributed by atoms with E-state index in [9.17, 15) is 18.7 Å². The molecule has 0 saturated carbocycles. The summed E-state index contributed by atoms with van der Waals surface area (Å²) >= 11 is 0. The number of aliphatic hydroxyl groups is 1. The third-order valence-corrected chi connectivity index (χ3v) is 3.45. The summed E-state index contributed by atoms with van der Waals surface area (Å²) in [7, 11) is 0. The van der Waals surface area contributed by atoms with Gasteiger partial charge in [0.15, 0.2) is 0 Å². The zero-order chi connectivity index (χ0) is 16.9. The van der Waals surface area contributed by atoms with Gasteiger partial charge in [0.25, 0.3) is 0 Å². The highest BCUT2D eigenvalue weighted by Crippen LogP contribution is 2.28. The number of benzene rings is 1. The molecule has 22 heavy (non-hydrogen) atoms. The van der Waals surface area contributed by atoms with E-state index < -0.39 is 34.7 Å². The fourth-order valence-electron chi connectivity index (χ4n) is 1.96. The smallest absolute Gasteiger partial charge is 0.229 e. The topological polar surface area (TPSA) is 49.3 Å². The number of hydrogen-bond acceptors (Lipinski definition) is 2. The second-order valence-corrected chi connectivity index (χ2v) is 6.58. The van der Waals surface area contributed by atoms with E-state index in [1.807, 2.05) is 6.92 Å². The van der Waals surface area contributed by atoms with Crippen molar-refractivity contribution in [2.45, 2.75) is 59.5 Å². The Labute approximate surface area is 130 Å². The molecule has 5 heteroatoms. The van der Waals surface area contributed by atoms with Crippen molar-refractivity contribution in [2.24, 2.45) is 5.41 Å². The van der Waals surface area contributed by atoms with Gasteiger partial charge in [0, 0.05) is 5.41 Å². The maximum absolute atomic E-state index is 14.0. The first-order valence-electron chi connectivity index (χ1n) is 7.65. The molecule has 0 spiro atoms. The lowest BCUT2D eigenvalue weighted by atomic mass is 9.95. The Bertz CT molecular complexity index is 501. The third kappa shape index (κ3) is 5.05. The lowest BCUT2D eigenvalue weighted by molar-refractivity contribution is -0.123. The minimum Gasteiger partial charge on any atom is -0.388 e. The number of carbonyl (C=O) groups excluding carboxylic acids is 1. The summed E-state index contributed by atoms with van der Waals surface area (Å²) in [5, 5.41) is 12.2. The first kappa shape index (κ1) is 18.6. The number of carbonyl (C=O) groups is 1. The number of anilines is 1. The molecule has 0 fully saturated rings. The van der Waals surface area contributed by atoms with E-state index in [4.69, 9.17) is 0 Å². The Morgan fingerprint density at radius 3 is 2.23 bits per heavy atom. The summed E-state index contributed by atoms with van der Waals surface area (Å²) in [5.74, 6) is -2.22. The number of amides is 1. The SMILES string of the molecule is CCCCCC(O)c1cc(F)c(NC(=O)C(C)(C)C)c(F)c1. The van der Waals surface area contributed by atoms with E-state index in [0.717, 1.165) is 31.4 Å². The highest BCUT2D eigenvalue weighted by atomic mass is 19.1. The Balaban J connectivity index is 2.90. The summed E-state index contributed by atoms with van der Waals surface area (Å²) in [4.78, 5) is 11.8. The van der Waals surface area contributed by atoms with Crippen LogP contribution in [0.15, 0.2) is 12.1 Å². The fourth-order valence-corrected chi connectivity index (χ4v) is 1.96. The molecule has 1 rings (SSSR count). The summed E-state index contributed by atoms with van der Waals surface area (Å²) in [6.45, 7) is 7.01. The maximum atomic E-state index is 14.0. The molecule has 1 amide bonds. The highest BCUT2D eigenvalue weighted by molar-refractivity contribution is 5.94. The molecule has 1 atom stereocenters. The van der Waals surface area contributed by atoms with Crippen LogP contribution in [0.2, 0.25) is 0 Å². The largest absolute Gasteiger partial charge is 0.388 e. The minimum absolute atomic E-state index is 0.194. The van der Waals surface area contributed by atoms with Crippen molar-refractivity contribution in [3.05, 3.63) is 29.3 Å². The minimum atomic E-state index is -0.900. The highest BCUT2D eigenvalue weighted by Gasteiger charge is 2.24. The van der Waals surface area contributed by atoms with Crippen molar-refractivity contribution in [3.8, 4) is 0 Å². The molecule has 2 N–H and O–H groups in total. The van der Waals surface area contributed by atoms with Gasteiger partial charge in [0.2, 0.25) is 5.91 Å². The zero-order valence-electron chi connectivity index (χ0n) is 13.7. The van der Waals surface area contributed by atoms with Crippen LogP contribution >= 0.6 is 0 Å². The van der Waals surface area contributed by atoms with Gasteiger partial charge >= 0.3 is 0 Å². The average Bonchev–Trinajstić information content (AvgIpc) is 2.41. The molecule has 0 aliphatic rings. The van der Waals surface area contributed by atoms with Gasteiger partial charge < -0.3 is 10.4 Å². The van der Waals surface area contributed by atoms with Crippen molar-refractivity contribution in [1.29, 1.82) is 0 Å². The van der Waals surface area contributed by atoms with Gasteiger partial charge in [-0.25, -0.2) is 8.78 Å². The van der Waals surface area contributed by atoms with Crippen LogP contribution in [0.3, 0.4) is 0 Å². The average molecular weight is 313 g/mol. The number of nitrogens with one attached hydrogen (secondary N) is 1. The van der Waals surface area contributed by atoms with E-state index in [1.54, 1.807) is 20.8 Å². The molecule has 0 aliphatic heterocycles. The molecular formula is C17H25F2NO2. The van der Waals surface area contributed by atoms with Crippen LogP contribution in [0.5, 0.6) is 0 Å². The number of unbranched alkanes of at least 4 members (excludes halogenated alkanes) is 2. The quantitative estimate of drug-likeness (QED) is 0.756. The number of aliphatic hydroxyl groups excluding tert-OH is 1. The van der Waals surface area contributed by atoms with E-state index in [-0.39, 0.29) is 5.56 Å². The van der Waals surface area contributed by atoms with Crippen LogP contribution in [0.4, 0.5) is 14.5 Å². The van der Waals surface area contributed by atoms with Gasteiger partial charge in [-0.05, 0) is 24.1 Å². The van der Waals surface area contributed by atoms with Gasteiger partial charge in [0.1, 0.15) is 17.3 Å². The van der Waals surface area contributed by atoms with Crippen molar-refractivity contribution >= 4 is 11.6 Å². The first-order chi connectivity index (χ1) is 10.2. The van der Waals surface area contributed by atoms with Gasteiger partial charge in [0.05, 0.1) is 6.10 Å². The molecule has 3 nitrogen and oxygen atoms in total. The Morgan fingerprint density at radius 2 is 1.77 bits per heavy atom. The fraction of sp³-hybridized carbons (Fsp3) is 0.588. The molecule has 0 bridgehead atoms. The number of rotatable bonds is 6. The number of halogens is 2. The maximum Gasteiger partial charge on any atom is 0.229 e. The Hall–Kier alpha value is -1.49. The van der Waals surface area contributed by atoms with E-state index >= 15 is 0 Å². The summed E-state index contributed by atoms with van der Waals surface area (Å²) in [6.07, 6.45) is 2.32. The van der Waals surface area contributed by atoms with Gasteiger partial charge in [-0.2, -0.15) is 0 Å². The molecule has 124 valence electrons. The van der Waals surface area contributed by atoms with Crippen LogP contribution in [-0.4, -0.2) is 11.0 Å². The monoisotopic (exact) mass is 313 g/mol. The van der Waals surface area contributed by atoms with E-state index in [1.165, 1.54) is 0 Å². The van der Waals surface area contributed by atoms with Gasteiger partial charge in [-0.3, -0.25) is 4.79 Å². The lowest BCUT2D eigenvalue weighted by Gasteiger charge is -2.19. The van der Waals surface area contributed by atoms with Crippen LogP contribution in [0, 0.1) is 17.0 Å². The van der Waals surface area contributed by atoms with Gasteiger partial charge in [-0.15, -0.1) is 0 Å². The standard InChI is InChI=1S/C17H25F2NO2/c1-5-6-7-8-14(21)11-9-12(18)15(13(19)10-11)20-16(22)17(2,3)4/h9-10,14,21H,5-8H2,1-4H3,(H,20,22). The van der Waals surface area contributed by atoms with Crippen molar-refractivity contribution < 1.29 is 18.7 Å². The molecule has 1 aromatic rings. The van der Waals surface area contributed by atoms with E-state index in [0.29, 0.717) is 6.42 Å².